The van der Waals surface area contributed by atoms with Crippen molar-refractivity contribution in [3.63, 3.8) is 0 Å². The first-order chi connectivity index (χ1) is 17.7. The first-order valence-corrected chi connectivity index (χ1v) is 12.3. The molecule has 5 rings (SSSR count). The number of aromatic amines is 1. The van der Waals surface area contributed by atoms with Gasteiger partial charge in [-0.15, -0.1) is 10.2 Å². The minimum absolute atomic E-state index is 0.0242. The highest BCUT2D eigenvalue weighted by atomic mass is 16.1. The van der Waals surface area contributed by atoms with Crippen LogP contribution in [0.2, 0.25) is 0 Å². The Kier molecular flexibility index (Phi) is 7.19. The standard InChI is InChI=1S/C26H29N9O/c27-13-20-10-18(2-5-22(20)19-3-4-19)14-28-9-6-26(36)30-8-1-7-29-24-11-21(35-16-32-33-17-35)12-25-23(24)15-31-34-25/h2,5,10-12,15-17,19,28-29H,1,3-4,6-9,14H2,(H,30,36)(H,31,34). The normalized spacial score (nSPS) is 13.0. The summed E-state index contributed by atoms with van der Waals surface area (Å²) in [6.45, 7) is 2.54. The molecule has 0 spiro atoms. The summed E-state index contributed by atoms with van der Waals surface area (Å²) >= 11 is 0. The molecule has 0 atom stereocenters. The molecule has 2 heterocycles. The number of carbonyl (C=O) groups is 1. The van der Waals surface area contributed by atoms with Crippen LogP contribution in [0.25, 0.3) is 16.6 Å². The van der Waals surface area contributed by atoms with Crippen LogP contribution in [0.1, 0.15) is 48.3 Å². The van der Waals surface area contributed by atoms with E-state index in [4.69, 9.17) is 0 Å². The second kappa shape index (κ2) is 11.0. The summed E-state index contributed by atoms with van der Waals surface area (Å²) in [4.78, 5) is 12.2. The van der Waals surface area contributed by atoms with Crippen LogP contribution in [-0.2, 0) is 11.3 Å². The number of fused-ring (bicyclic) bond motifs is 1. The second-order valence-electron chi connectivity index (χ2n) is 9.06. The molecule has 2 aromatic heterocycles. The van der Waals surface area contributed by atoms with Gasteiger partial charge in [-0.3, -0.25) is 14.5 Å². The lowest BCUT2D eigenvalue weighted by molar-refractivity contribution is -0.120. The third kappa shape index (κ3) is 5.70. The molecule has 0 saturated heterocycles. The number of hydrogen-bond donors (Lipinski definition) is 4. The smallest absolute Gasteiger partial charge is 0.221 e. The monoisotopic (exact) mass is 483 g/mol. The molecule has 0 bridgehead atoms. The molecule has 1 aliphatic rings. The third-order valence-electron chi connectivity index (χ3n) is 6.36. The highest BCUT2D eigenvalue weighted by Gasteiger charge is 2.26. The van der Waals surface area contributed by atoms with Crippen LogP contribution in [0, 0.1) is 11.3 Å². The predicted octanol–water partition coefficient (Wildman–Crippen LogP) is 2.99. The van der Waals surface area contributed by atoms with Gasteiger partial charge >= 0.3 is 0 Å². The van der Waals surface area contributed by atoms with Gasteiger partial charge < -0.3 is 16.0 Å². The van der Waals surface area contributed by atoms with Crippen molar-refractivity contribution in [1.29, 1.82) is 5.26 Å². The van der Waals surface area contributed by atoms with Gasteiger partial charge in [0.05, 0.1) is 29.0 Å². The van der Waals surface area contributed by atoms with E-state index in [0.29, 0.717) is 38.5 Å². The molecule has 0 unspecified atom stereocenters. The molecule has 2 aromatic carbocycles. The number of nitriles is 1. The quantitative estimate of drug-likeness (QED) is 0.227. The van der Waals surface area contributed by atoms with Crippen LogP contribution >= 0.6 is 0 Å². The van der Waals surface area contributed by atoms with E-state index in [9.17, 15) is 10.1 Å². The molecular weight excluding hydrogens is 454 g/mol. The Morgan fingerprint density at radius 1 is 1.14 bits per heavy atom. The van der Waals surface area contributed by atoms with Gasteiger partial charge in [-0.25, -0.2) is 0 Å². The fraction of sp³-hybridized carbons (Fsp3) is 0.346. The van der Waals surface area contributed by atoms with Gasteiger partial charge in [0.15, 0.2) is 0 Å². The fourth-order valence-corrected chi connectivity index (χ4v) is 4.29. The topological polar surface area (TPSA) is 136 Å². The number of anilines is 1. The van der Waals surface area contributed by atoms with E-state index in [1.807, 2.05) is 22.8 Å². The van der Waals surface area contributed by atoms with Crippen LogP contribution in [0.15, 0.2) is 49.2 Å². The van der Waals surface area contributed by atoms with Crippen molar-refractivity contribution in [2.24, 2.45) is 0 Å². The molecule has 10 heteroatoms. The average Bonchev–Trinajstić information content (AvgIpc) is 3.37. The van der Waals surface area contributed by atoms with Crippen LogP contribution in [0.5, 0.6) is 0 Å². The Bertz CT molecular complexity index is 1370. The Morgan fingerprint density at radius 3 is 2.81 bits per heavy atom. The number of H-pyrrole nitrogens is 1. The molecule has 1 fully saturated rings. The van der Waals surface area contributed by atoms with E-state index < -0.39 is 0 Å². The number of nitrogens with zero attached hydrogens (tertiary/aromatic N) is 5. The van der Waals surface area contributed by atoms with Gasteiger partial charge in [-0.05, 0) is 54.5 Å². The second-order valence-corrected chi connectivity index (χ2v) is 9.06. The maximum atomic E-state index is 12.2. The maximum Gasteiger partial charge on any atom is 0.221 e. The zero-order valence-electron chi connectivity index (χ0n) is 20.0. The van der Waals surface area contributed by atoms with Gasteiger partial charge in [0.1, 0.15) is 12.7 Å². The Labute approximate surface area is 209 Å². The van der Waals surface area contributed by atoms with Crippen LogP contribution in [-0.4, -0.2) is 50.5 Å². The van der Waals surface area contributed by atoms with E-state index in [-0.39, 0.29) is 5.91 Å². The molecule has 184 valence electrons. The summed E-state index contributed by atoms with van der Waals surface area (Å²) in [5.41, 5.74) is 5.84. The zero-order chi connectivity index (χ0) is 24.7. The van der Waals surface area contributed by atoms with Crippen molar-refractivity contribution >= 4 is 22.5 Å². The molecule has 4 N–H and O–H groups in total. The van der Waals surface area contributed by atoms with E-state index in [1.165, 1.54) is 18.4 Å². The molecular formula is C26H29N9O. The summed E-state index contributed by atoms with van der Waals surface area (Å²) in [7, 11) is 0. The predicted molar refractivity (Wildman–Crippen MR) is 137 cm³/mol. The van der Waals surface area contributed by atoms with Crippen molar-refractivity contribution in [3.8, 4) is 11.8 Å². The van der Waals surface area contributed by atoms with Gasteiger partial charge in [0, 0.05) is 43.7 Å². The van der Waals surface area contributed by atoms with Crippen LogP contribution in [0.4, 0.5) is 5.69 Å². The van der Waals surface area contributed by atoms with Crippen molar-refractivity contribution in [3.05, 3.63) is 65.9 Å². The van der Waals surface area contributed by atoms with Gasteiger partial charge in [-0.1, -0.05) is 12.1 Å². The lowest BCUT2D eigenvalue weighted by atomic mass is 10.0. The van der Waals surface area contributed by atoms with E-state index in [2.05, 4.69) is 54.5 Å². The highest BCUT2D eigenvalue weighted by Crippen LogP contribution is 2.41. The van der Waals surface area contributed by atoms with E-state index >= 15 is 0 Å². The van der Waals surface area contributed by atoms with Crippen molar-refractivity contribution in [1.82, 2.24) is 35.6 Å². The molecule has 0 radical (unpaired) electrons. The first kappa shape index (κ1) is 23.5. The summed E-state index contributed by atoms with van der Waals surface area (Å²) in [5, 5.41) is 35.0. The van der Waals surface area contributed by atoms with Crippen molar-refractivity contribution < 1.29 is 4.79 Å². The van der Waals surface area contributed by atoms with Gasteiger partial charge in [0.2, 0.25) is 5.91 Å². The fourth-order valence-electron chi connectivity index (χ4n) is 4.29. The Balaban J connectivity index is 1.01. The minimum Gasteiger partial charge on any atom is -0.384 e. The van der Waals surface area contributed by atoms with E-state index in [1.54, 1.807) is 18.9 Å². The summed E-state index contributed by atoms with van der Waals surface area (Å²) in [6, 6.07) is 12.5. The zero-order valence-corrected chi connectivity index (χ0v) is 20.0. The number of amides is 1. The van der Waals surface area contributed by atoms with Crippen LogP contribution < -0.4 is 16.0 Å². The summed E-state index contributed by atoms with van der Waals surface area (Å²) in [6.07, 6.45) is 8.67. The molecule has 0 aliphatic heterocycles. The number of rotatable bonds is 12. The molecule has 4 aromatic rings. The first-order valence-electron chi connectivity index (χ1n) is 12.3. The Morgan fingerprint density at radius 2 is 2.00 bits per heavy atom. The van der Waals surface area contributed by atoms with Gasteiger partial charge in [0.25, 0.3) is 0 Å². The number of nitrogens with one attached hydrogen (secondary N) is 4. The van der Waals surface area contributed by atoms with Crippen molar-refractivity contribution in [2.45, 2.75) is 38.1 Å². The maximum absolute atomic E-state index is 12.2. The average molecular weight is 484 g/mol. The molecule has 10 nitrogen and oxygen atoms in total. The summed E-state index contributed by atoms with van der Waals surface area (Å²) < 4.78 is 1.84. The van der Waals surface area contributed by atoms with Crippen LogP contribution in [0.3, 0.4) is 0 Å². The van der Waals surface area contributed by atoms with E-state index in [0.717, 1.165) is 39.8 Å². The largest absolute Gasteiger partial charge is 0.384 e. The highest BCUT2D eigenvalue weighted by molar-refractivity contribution is 5.93. The Hall–Kier alpha value is -4.23. The summed E-state index contributed by atoms with van der Waals surface area (Å²) in [5.74, 6) is 0.591. The number of hydrogen-bond acceptors (Lipinski definition) is 7. The van der Waals surface area contributed by atoms with Gasteiger partial charge in [-0.2, -0.15) is 10.4 Å². The number of benzene rings is 2. The molecule has 1 saturated carbocycles. The molecule has 1 amide bonds. The third-order valence-corrected chi connectivity index (χ3v) is 6.36. The number of carbonyl (C=O) groups excluding carboxylic acids is 1. The lowest BCUT2D eigenvalue weighted by Gasteiger charge is -2.11. The number of aromatic nitrogens is 5. The molecule has 36 heavy (non-hydrogen) atoms. The SMILES string of the molecule is N#Cc1cc(CNCCC(=O)NCCCNc2cc(-n3cnnc3)cc3[nH]ncc23)ccc1C1CC1. The minimum atomic E-state index is 0.0242. The lowest BCUT2D eigenvalue weighted by Crippen LogP contribution is -2.29. The molecule has 1 aliphatic carbocycles. The van der Waals surface area contributed by atoms with Crippen molar-refractivity contribution in [2.75, 3.05) is 25.0 Å².